The molecule has 3 rings (SSSR count). The van der Waals surface area contributed by atoms with Crippen molar-refractivity contribution in [2.45, 2.75) is 9.79 Å². The fraction of sp³-hybridized carbons (Fsp3) is 0. The lowest BCUT2D eigenvalue weighted by Gasteiger charge is -2.04. The molecule has 0 saturated heterocycles. The summed E-state index contributed by atoms with van der Waals surface area (Å²) in [6.45, 7) is 0. The van der Waals surface area contributed by atoms with Crippen LogP contribution in [0.2, 0.25) is 5.02 Å². The van der Waals surface area contributed by atoms with E-state index in [0.717, 1.165) is 15.4 Å². The Hall–Kier alpha value is -1.59. The van der Waals surface area contributed by atoms with Gasteiger partial charge in [-0.05, 0) is 6.07 Å². The molecule has 0 aromatic carbocycles. The lowest BCUT2D eigenvalue weighted by atomic mass is 10.5. The molecular weight excluding hydrogens is 256 g/mol. The Morgan fingerprint density at radius 3 is 2.94 bits per heavy atom. The predicted octanol–water partition coefficient (Wildman–Crippen LogP) is 2.93. The number of hydrogen-bond donors (Lipinski definition) is 0. The standard InChI is InChI=1S/C11H7ClN4S/c12-8-5-13-2-1-9(8)17-10-6-14-7-16-4-3-15-11(10)16/h1-7H. The smallest absolute Gasteiger partial charge is 0.153 e. The van der Waals surface area contributed by atoms with Crippen LogP contribution in [0.4, 0.5) is 0 Å². The maximum absolute atomic E-state index is 6.07. The monoisotopic (exact) mass is 262 g/mol. The van der Waals surface area contributed by atoms with Crippen molar-refractivity contribution in [3.05, 3.63) is 48.4 Å². The number of halogens is 1. The highest BCUT2D eigenvalue weighted by atomic mass is 35.5. The number of nitrogens with zero attached hydrogens (tertiary/aromatic N) is 4. The van der Waals surface area contributed by atoms with Crippen molar-refractivity contribution in [1.82, 2.24) is 19.4 Å². The second kappa shape index (κ2) is 4.35. The van der Waals surface area contributed by atoms with Crippen molar-refractivity contribution in [3.8, 4) is 0 Å². The molecule has 0 aliphatic heterocycles. The molecule has 0 unspecified atom stereocenters. The minimum Gasteiger partial charge on any atom is -0.290 e. The Morgan fingerprint density at radius 2 is 2.06 bits per heavy atom. The van der Waals surface area contributed by atoms with Crippen LogP contribution in [0.15, 0.2) is 53.2 Å². The van der Waals surface area contributed by atoms with Gasteiger partial charge in [-0.25, -0.2) is 9.97 Å². The van der Waals surface area contributed by atoms with E-state index in [1.807, 2.05) is 16.7 Å². The minimum absolute atomic E-state index is 0.631. The Labute approximate surface area is 107 Å². The number of rotatable bonds is 2. The van der Waals surface area contributed by atoms with E-state index in [0.29, 0.717) is 5.02 Å². The van der Waals surface area contributed by atoms with Gasteiger partial charge in [-0.2, -0.15) is 0 Å². The van der Waals surface area contributed by atoms with Gasteiger partial charge in [0.05, 0.1) is 9.92 Å². The lowest BCUT2D eigenvalue weighted by molar-refractivity contribution is 1.04. The molecule has 3 heterocycles. The van der Waals surface area contributed by atoms with Gasteiger partial charge in [0.2, 0.25) is 0 Å². The third-order valence-corrected chi connectivity index (χ3v) is 3.72. The van der Waals surface area contributed by atoms with E-state index < -0.39 is 0 Å². The Morgan fingerprint density at radius 1 is 1.12 bits per heavy atom. The fourth-order valence-corrected chi connectivity index (χ4v) is 2.58. The van der Waals surface area contributed by atoms with Gasteiger partial charge >= 0.3 is 0 Å². The molecule has 0 atom stereocenters. The first-order valence-electron chi connectivity index (χ1n) is 4.88. The van der Waals surface area contributed by atoms with Crippen LogP contribution in [0.5, 0.6) is 0 Å². The summed E-state index contributed by atoms with van der Waals surface area (Å²) < 4.78 is 1.87. The van der Waals surface area contributed by atoms with Crippen LogP contribution in [-0.2, 0) is 0 Å². The molecule has 4 nitrogen and oxygen atoms in total. The molecule has 0 aliphatic rings. The Balaban J connectivity index is 2.06. The summed E-state index contributed by atoms with van der Waals surface area (Å²) in [6, 6.07) is 1.87. The van der Waals surface area contributed by atoms with Gasteiger partial charge in [0.25, 0.3) is 0 Å². The first-order chi connectivity index (χ1) is 8.34. The SMILES string of the molecule is Clc1cnccc1Sc1cncn2ccnc12. The molecule has 3 aromatic rings. The van der Waals surface area contributed by atoms with Gasteiger partial charge in [0.1, 0.15) is 6.33 Å². The zero-order valence-corrected chi connectivity index (χ0v) is 10.2. The summed E-state index contributed by atoms with van der Waals surface area (Å²) in [7, 11) is 0. The van der Waals surface area contributed by atoms with Crippen LogP contribution in [0.25, 0.3) is 5.65 Å². The fourth-order valence-electron chi connectivity index (χ4n) is 1.46. The van der Waals surface area contributed by atoms with E-state index in [2.05, 4.69) is 15.0 Å². The van der Waals surface area contributed by atoms with Crippen molar-refractivity contribution in [2.75, 3.05) is 0 Å². The topological polar surface area (TPSA) is 43.1 Å². The summed E-state index contributed by atoms with van der Waals surface area (Å²) >= 11 is 7.60. The summed E-state index contributed by atoms with van der Waals surface area (Å²) in [5.74, 6) is 0. The average Bonchev–Trinajstić information content (AvgIpc) is 2.81. The van der Waals surface area contributed by atoms with Crippen molar-refractivity contribution < 1.29 is 0 Å². The molecule has 0 fully saturated rings. The number of aromatic nitrogens is 4. The molecule has 0 aliphatic carbocycles. The molecule has 0 radical (unpaired) electrons. The van der Waals surface area contributed by atoms with Crippen LogP contribution >= 0.6 is 23.4 Å². The van der Waals surface area contributed by atoms with Crippen molar-refractivity contribution >= 4 is 29.0 Å². The van der Waals surface area contributed by atoms with Gasteiger partial charge in [-0.1, -0.05) is 23.4 Å². The molecule has 0 spiro atoms. The van der Waals surface area contributed by atoms with E-state index in [1.54, 1.807) is 31.1 Å². The van der Waals surface area contributed by atoms with Gasteiger partial charge in [-0.3, -0.25) is 9.38 Å². The van der Waals surface area contributed by atoms with Gasteiger partial charge < -0.3 is 0 Å². The first-order valence-corrected chi connectivity index (χ1v) is 6.08. The first kappa shape index (κ1) is 10.6. The molecule has 17 heavy (non-hydrogen) atoms. The van der Waals surface area contributed by atoms with E-state index in [4.69, 9.17) is 11.6 Å². The molecule has 0 bridgehead atoms. The second-order valence-corrected chi connectivity index (χ2v) is 4.82. The molecule has 0 saturated carbocycles. The molecule has 84 valence electrons. The average molecular weight is 263 g/mol. The van der Waals surface area contributed by atoms with Crippen molar-refractivity contribution in [2.24, 2.45) is 0 Å². The number of hydrogen-bond acceptors (Lipinski definition) is 4. The zero-order chi connectivity index (χ0) is 11.7. The van der Waals surface area contributed by atoms with Crippen LogP contribution < -0.4 is 0 Å². The number of fused-ring (bicyclic) bond motifs is 1. The third-order valence-electron chi connectivity index (χ3n) is 2.23. The minimum atomic E-state index is 0.631. The highest BCUT2D eigenvalue weighted by Gasteiger charge is 2.07. The quantitative estimate of drug-likeness (QED) is 0.712. The summed E-state index contributed by atoms with van der Waals surface area (Å²) in [5.41, 5.74) is 0.873. The number of imidazole rings is 1. The van der Waals surface area contributed by atoms with Crippen molar-refractivity contribution in [1.29, 1.82) is 0 Å². The van der Waals surface area contributed by atoms with Gasteiger partial charge in [0.15, 0.2) is 5.65 Å². The molecule has 3 aromatic heterocycles. The van der Waals surface area contributed by atoms with Crippen LogP contribution in [-0.4, -0.2) is 19.4 Å². The van der Waals surface area contributed by atoms with Crippen LogP contribution in [0, 0.1) is 0 Å². The van der Waals surface area contributed by atoms with Crippen LogP contribution in [0.3, 0.4) is 0 Å². The molecule has 0 N–H and O–H groups in total. The molecule has 6 heteroatoms. The maximum atomic E-state index is 6.07. The van der Waals surface area contributed by atoms with Gasteiger partial charge in [-0.15, -0.1) is 0 Å². The highest BCUT2D eigenvalue weighted by Crippen LogP contribution is 2.33. The van der Waals surface area contributed by atoms with Gasteiger partial charge in [0, 0.05) is 35.9 Å². The highest BCUT2D eigenvalue weighted by molar-refractivity contribution is 7.99. The molecule has 0 amide bonds. The maximum Gasteiger partial charge on any atom is 0.153 e. The van der Waals surface area contributed by atoms with Crippen LogP contribution in [0.1, 0.15) is 0 Å². The second-order valence-electron chi connectivity index (χ2n) is 3.32. The summed E-state index contributed by atoms with van der Waals surface area (Å²) in [5, 5.41) is 0.631. The lowest BCUT2D eigenvalue weighted by Crippen LogP contribution is -1.88. The zero-order valence-electron chi connectivity index (χ0n) is 8.62. The third kappa shape index (κ3) is 1.99. The summed E-state index contributed by atoms with van der Waals surface area (Å²) in [6.07, 6.45) is 10.5. The Bertz CT molecular complexity index is 667. The van der Waals surface area contributed by atoms with E-state index in [1.165, 1.54) is 11.8 Å². The summed E-state index contributed by atoms with van der Waals surface area (Å²) in [4.78, 5) is 14.3. The largest absolute Gasteiger partial charge is 0.290 e. The molecular formula is C11H7ClN4S. The van der Waals surface area contributed by atoms with Crippen molar-refractivity contribution in [3.63, 3.8) is 0 Å². The number of pyridine rings is 1. The Kier molecular flexibility index (Phi) is 2.70. The van der Waals surface area contributed by atoms with E-state index in [9.17, 15) is 0 Å². The predicted molar refractivity (Wildman–Crippen MR) is 66.4 cm³/mol. The van der Waals surface area contributed by atoms with E-state index in [-0.39, 0.29) is 0 Å². The van der Waals surface area contributed by atoms with E-state index >= 15 is 0 Å². The normalized spacial score (nSPS) is 10.9.